The molecule has 4 heteroatoms. The van der Waals surface area contributed by atoms with E-state index in [2.05, 4.69) is 71.6 Å². The highest BCUT2D eigenvalue weighted by molar-refractivity contribution is 6.62. The first-order valence-corrected chi connectivity index (χ1v) is 8.27. The van der Waals surface area contributed by atoms with E-state index in [1.165, 1.54) is 11.3 Å². The molecule has 22 heavy (non-hydrogen) atoms. The standard InChI is InChI=1S/C18H28BNO2/c1-16(2,3)20-11-10-13-12-14(8-9-15(13)20)19-21-17(4,5)18(6,7)22-19/h8-9,12H,10-11H2,1-7H3. The highest BCUT2D eigenvalue weighted by atomic mass is 16.7. The first-order chi connectivity index (χ1) is 10.0. The third-order valence-electron chi connectivity index (χ3n) is 5.33. The van der Waals surface area contributed by atoms with Gasteiger partial charge in [0, 0.05) is 17.8 Å². The minimum atomic E-state index is -0.284. The number of hydrogen-bond acceptors (Lipinski definition) is 3. The Balaban J connectivity index is 1.88. The molecule has 0 aromatic heterocycles. The van der Waals surface area contributed by atoms with Crippen molar-refractivity contribution in [3.8, 4) is 0 Å². The Morgan fingerprint density at radius 3 is 2.18 bits per heavy atom. The summed E-state index contributed by atoms with van der Waals surface area (Å²) in [6.07, 6.45) is 1.10. The molecule has 0 radical (unpaired) electrons. The monoisotopic (exact) mass is 301 g/mol. The highest BCUT2D eigenvalue weighted by Gasteiger charge is 2.51. The molecular weight excluding hydrogens is 273 g/mol. The van der Waals surface area contributed by atoms with E-state index in [1.54, 1.807) is 0 Å². The average molecular weight is 301 g/mol. The van der Waals surface area contributed by atoms with Crippen LogP contribution in [0, 0.1) is 0 Å². The maximum atomic E-state index is 6.17. The van der Waals surface area contributed by atoms with Gasteiger partial charge in [-0.1, -0.05) is 12.1 Å². The smallest absolute Gasteiger partial charge is 0.399 e. The van der Waals surface area contributed by atoms with Crippen LogP contribution in [0.25, 0.3) is 0 Å². The van der Waals surface area contributed by atoms with E-state index >= 15 is 0 Å². The Hall–Kier alpha value is -0.995. The number of rotatable bonds is 1. The molecule has 0 aliphatic carbocycles. The van der Waals surface area contributed by atoms with Gasteiger partial charge in [-0.15, -0.1) is 0 Å². The Morgan fingerprint density at radius 2 is 1.64 bits per heavy atom. The maximum absolute atomic E-state index is 6.17. The van der Waals surface area contributed by atoms with Gasteiger partial charge in [0.15, 0.2) is 0 Å². The van der Waals surface area contributed by atoms with Crippen LogP contribution in [0.2, 0.25) is 0 Å². The summed E-state index contributed by atoms with van der Waals surface area (Å²) in [6.45, 7) is 16.3. The molecule has 1 aromatic rings. The van der Waals surface area contributed by atoms with Gasteiger partial charge < -0.3 is 14.2 Å². The quantitative estimate of drug-likeness (QED) is 0.744. The molecule has 120 valence electrons. The van der Waals surface area contributed by atoms with E-state index in [1.807, 2.05) is 0 Å². The largest absolute Gasteiger partial charge is 0.494 e. The van der Waals surface area contributed by atoms with Gasteiger partial charge in [-0.25, -0.2) is 0 Å². The fraction of sp³-hybridized carbons (Fsp3) is 0.667. The lowest BCUT2D eigenvalue weighted by Gasteiger charge is -2.34. The van der Waals surface area contributed by atoms with Gasteiger partial charge in [0.1, 0.15) is 0 Å². The van der Waals surface area contributed by atoms with Crippen LogP contribution < -0.4 is 10.4 Å². The zero-order valence-electron chi connectivity index (χ0n) is 15.0. The highest BCUT2D eigenvalue weighted by Crippen LogP contribution is 2.37. The molecular formula is C18H28BNO2. The van der Waals surface area contributed by atoms with E-state index < -0.39 is 0 Å². The summed E-state index contributed by atoms with van der Waals surface area (Å²) >= 11 is 0. The van der Waals surface area contributed by atoms with Crippen LogP contribution >= 0.6 is 0 Å². The van der Waals surface area contributed by atoms with Gasteiger partial charge in [-0.2, -0.15) is 0 Å². The summed E-state index contributed by atoms with van der Waals surface area (Å²) in [5.74, 6) is 0. The molecule has 1 fully saturated rings. The van der Waals surface area contributed by atoms with Gasteiger partial charge in [0.2, 0.25) is 0 Å². The van der Waals surface area contributed by atoms with Crippen molar-refractivity contribution >= 4 is 18.3 Å². The second-order valence-electron chi connectivity index (χ2n) is 8.55. The second-order valence-corrected chi connectivity index (χ2v) is 8.55. The van der Waals surface area contributed by atoms with Crippen LogP contribution in [0.15, 0.2) is 18.2 Å². The topological polar surface area (TPSA) is 21.7 Å². The summed E-state index contributed by atoms with van der Waals surface area (Å²) in [5, 5.41) is 0. The van der Waals surface area contributed by atoms with Crippen molar-refractivity contribution in [1.82, 2.24) is 0 Å². The van der Waals surface area contributed by atoms with Crippen molar-refractivity contribution in [2.75, 3.05) is 11.4 Å². The minimum Gasteiger partial charge on any atom is -0.399 e. The molecule has 3 nitrogen and oxygen atoms in total. The lowest BCUT2D eigenvalue weighted by atomic mass is 9.78. The Kier molecular flexibility index (Phi) is 3.43. The predicted molar refractivity (Wildman–Crippen MR) is 93.0 cm³/mol. The predicted octanol–water partition coefficient (Wildman–Crippen LogP) is 3.15. The molecule has 2 heterocycles. The molecule has 0 bridgehead atoms. The van der Waals surface area contributed by atoms with Crippen molar-refractivity contribution in [3.05, 3.63) is 23.8 Å². The number of hydrogen-bond donors (Lipinski definition) is 0. The molecule has 2 aliphatic rings. The maximum Gasteiger partial charge on any atom is 0.494 e. The van der Waals surface area contributed by atoms with E-state index in [9.17, 15) is 0 Å². The Morgan fingerprint density at radius 1 is 1.05 bits per heavy atom. The summed E-state index contributed by atoms with van der Waals surface area (Å²) in [6, 6.07) is 6.65. The molecule has 0 amide bonds. The minimum absolute atomic E-state index is 0.164. The molecule has 0 atom stereocenters. The van der Waals surface area contributed by atoms with E-state index in [0.29, 0.717) is 0 Å². The van der Waals surface area contributed by atoms with Crippen LogP contribution in [0.1, 0.15) is 54.0 Å². The molecule has 0 spiro atoms. The zero-order valence-corrected chi connectivity index (χ0v) is 15.0. The second kappa shape index (κ2) is 4.75. The average Bonchev–Trinajstić information content (AvgIpc) is 2.87. The molecule has 0 saturated carbocycles. The van der Waals surface area contributed by atoms with Crippen molar-refractivity contribution < 1.29 is 9.31 Å². The van der Waals surface area contributed by atoms with Crippen molar-refractivity contribution in [1.29, 1.82) is 0 Å². The SMILES string of the molecule is CC(C)(C)N1CCc2cc(B3OC(C)(C)C(C)(C)O3)ccc21. The van der Waals surface area contributed by atoms with Crippen LogP contribution in [-0.2, 0) is 15.7 Å². The van der Waals surface area contributed by atoms with Gasteiger partial charge >= 0.3 is 7.12 Å². The van der Waals surface area contributed by atoms with Crippen molar-refractivity contribution in [3.63, 3.8) is 0 Å². The van der Waals surface area contributed by atoms with Gasteiger partial charge in [-0.05, 0) is 72.0 Å². The van der Waals surface area contributed by atoms with Gasteiger partial charge in [0.25, 0.3) is 0 Å². The molecule has 1 aromatic carbocycles. The Bertz CT molecular complexity index is 573. The number of nitrogens with zero attached hydrogens (tertiary/aromatic N) is 1. The third-order valence-corrected chi connectivity index (χ3v) is 5.33. The van der Waals surface area contributed by atoms with Crippen LogP contribution in [0.5, 0.6) is 0 Å². The summed E-state index contributed by atoms with van der Waals surface area (Å²) in [7, 11) is -0.265. The molecule has 3 rings (SSSR count). The summed E-state index contributed by atoms with van der Waals surface area (Å²) < 4.78 is 12.3. The number of benzene rings is 1. The lowest BCUT2D eigenvalue weighted by Crippen LogP contribution is -2.41. The van der Waals surface area contributed by atoms with E-state index in [-0.39, 0.29) is 23.9 Å². The Labute approximate surface area is 135 Å². The fourth-order valence-corrected chi connectivity index (χ4v) is 3.24. The summed E-state index contributed by atoms with van der Waals surface area (Å²) in [4.78, 5) is 2.48. The first-order valence-electron chi connectivity index (χ1n) is 8.27. The van der Waals surface area contributed by atoms with E-state index in [4.69, 9.17) is 9.31 Å². The zero-order chi connectivity index (χ0) is 16.3. The number of anilines is 1. The van der Waals surface area contributed by atoms with Crippen LogP contribution in [-0.4, -0.2) is 30.4 Å². The van der Waals surface area contributed by atoms with Crippen molar-refractivity contribution in [2.45, 2.75) is 71.6 Å². The number of fused-ring (bicyclic) bond motifs is 1. The summed E-state index contributed by atoms with van der Waals surface area (Å²) in [5.41, 5.74) is 3.49. The van der Waals surface area contributed by atoms with Gasteiger partial charge in [-0.3, -0.25) is 0 Å². The molecule has 0 unspecified atom stereocenters. The van der Waals surface area contributed by atoms with Crippen LogP contribution in [0.3, 0.4) is 0 Å². The normalized spacial score (nSPS) is 23.0. The lowest BCUT2D eigenvalue weighted by molar-refractivity contribution is 0.00578. The van der Waals surface area contributed by atoms with Gasteiger partial charge in [0.05, 0.1) is 11.2 Å². The molecule has 2 aliphatic heterocycles. The molecule has 1 saturated heterocycles. The van der Waals surface area contributed by atoms with E-state index in [0.717, 1.165) is 18.4 Å². The van der Waals surface area contributed by atoms with Crippen molar-refractivity contribution in [2.24, 2.45) is 0 Å². The fourth-order valence-electron chi connectivity index (χ4n) is 3.24. The van der Waals surface area contributed by atoms with Crippen LogP contribution in [0.4, 0.5) is 5.69 Å². The first kappa shape index (κ1) is 15.9. The molecule has 0 N–H and O–H groups in total. The third kappa shape index (κ3) is 2.46.